The van der Waals surface area contributed by atoms with Gasteiger partial charge >= 0.3 is 0 Å². The number of rotatable bonds is 3. The Bertz CT molecular complexity index is 136. The summed E-state index contributed by atoms with van der Waals surface area (Å²) < 4.78 is 0. The normalized spacial score (nSPS) is 11.3. The molecule has 0 spiro atoms. The lowest BCUT2D eigenvalue weighted by Gasteiger charge is -2.05. The van der Waals surface area contributed by atoms with Gasteiger partial charge in [0.1, 0.15) is 5.84 Å². The summed E-state index contributed by atoms with van der Waals surface area (Å²) in [5.41, 5.74) is 0.953. The largest absolute Gasteiger partial charge is 0.348 e. The van der Waals surface area contributed by atoms with Crippen LogP contribution in [0.25, 0.3) is 0 Å². The highest BCUT2D eigenvalue weighted by molar-refractivity contribution is 5.83. The van der Waals surface area contributed by atoms with Gasteiger partial charge in [0, 0.05) is 19.2 Å². The second kappa shape index (κ2) is 5.03. The van der Waals surface area contributed by atoms with Crippen LogP contribution in [0.2, 0.25) is 0 Å². The van der Waals surface area contributed by atoms with E-state index < -0.39 is 0 Å². The first-order valence-corrected chi connectivity index (χ1v) is 3.59. The lowest BCUT2D eigenvalue weighted by atomic mass is 10.3. The van der Waals surface area contributed by atoms with Crippen molar-refractivity contribution in [1.29, 1.82) is 0 Å². The SMILES string of the molecule is C=C(C)NC(CCC)=NC. The number of hydrogen-bond acceptors (Lipinski definition) is 1. The first-order valence-electron chi connectivity index (χ1n) is 3.59. The number of aliphatic imine (C=N–C) groups is 1. The van der Waals surface area contributed by atoms with Gasteiger partial charge in [0.2, 0.25) is 0 Å². The van der Waals surface area contributed by atoms with Crippen molar-refractivity contribution in [3.63, 3.8) is 0 Å². The van der Waals surface area contributed by atoms with Crippen molar-refractivity contribution in [3.8, 4) is 0 Å². The molecule has 0 heterocycles. The van der Waals surface area contributed by atoms with Crippen LogP contribution in [0.15, 0.2) is 17.3 Å². The Balaban J connectivity index is 3.73. The van der Waals surface area contributed by atoms with Gasteiger partial charge in [0.05, 0.1) is 0 Å². The maximum atomic E-state index is 4.06. The number of nitrogens with one attached hydrogen (secondary N) is 1. The molecule has 2 heteroatoms. The number of amidine groups is 1. The molecule has 0 aromatic rings. The average Bonchev–Trinajstić information content (AvgIpc) is 1.86. The van der Waals surface area contributed by atoms with Crippen molar-refractivity contribution >= 4 is 5.84 Å². The first-order chi connectivity index (χ1) is 4.70. The summed E-state index contributed by atoms with van der Waals surface area (Å²) in [6, 6.07) is 0. The van der Waals surface area contributed by atoms with E-state index in [2.05, 4.69) is 23.8 Å². The van der Waals surface area contributed by atoms with E-state index in [0.717, 1.165) is 24.4 Å². The van der Waals surface area contributed by atoms with Crippen LogP contribution in [0.5, 0.6) is 0 Å². The van der Waals surface area contributed by atoms with Gasteiger partial charge in [-0.25, -0.2) is 0 Å². The molecule has 0 amide bonds. The molecule has 0 bridgehead atoms. The van der Waals surface area contributed by atoms with Crippen molar-refractivity contribution in [3.05, 3.63) is 12.3 Å². The van der Waals surface area contributed by atoms with Crippen LogP contribution in [-0.4, -0.2) is 12.9 Å². The molecule has 0 aromatic heterocycles. The minimum atomic E-state index is 0.953. The maximum Gasteiger partial charge on any atom is 0.100 e. The van der Waals surface area contributed by atoms with E-state index in [4.69, 9.17) is 0 Å². The number of nitrogens with zero attached hydrogens (tertiary/aromatic N) is 1. The molecule has 0 saturated heterocycles. The fourth-order valence-corrected chi connectivity index (χ4v) is 0.713. The van der Waals surface area contributed by atoms with Gasteiger partial charge < -0.3 is 5.32 Å². The summed E-state index contributed by atoms with van der Waals surface area (Å²) in [5, 5.41) is 3.09. The highest BCUT2D eigenvalue weighted by atomic mass is 15.0. The molecule has 1 N–H and O–H groups in total. The molecule has 0 saturated carbocycles. The van der Waals surface area contributed by atoms with Gasteiger partial charge in [-0.1, -0.05) is 13.5 Å². The average molecular weight is 140 g/mol. The molecule has 0 rings (SSSR count). The molecule has 0 atom stereocenters. The second-order valence-corrected chi connectivity index (χ2v) is 2.33. The van der Waals surface area contributed by atoms with Crippen molar-refractivity contribution in [2.45, 2.75) is 26.7 Å². The monoisotopic (exact) mass is 140 g/mol. The van der Waals surface area contributed by atoms with E-state index in [1.807, 2.05) is 6.92 Å². The van der Waals surface area contributed by atoms with Crippen LogP contribution < -0.4 is 5.32 Å². The molecule has 2 nitrogen and oxygen atoms in total. The summed E-state index contributed by atoms with van der Waals surface area (Å²) in [5.74, 6) is 1.02. The summed E-state index contributed by atoms with van der Waals surface area (Å²) in [6.45, 7) is 7.79. The molecule has 0 aliphatic carbocycles. The molecule has 0 unspecified atom stereocenters. The van der Waals surface area contributed by atoms with Gasteiger partial charge in [-0.3, -0.25) is 4.99 Å². The lowest BCUT2D eigenvalue weighted by molar-refractivity contribution is 0.937. The van der Waals surface area contributed by atoms with Crippen LogP contribution in [0, 0.1) is 0 Å². The quantitative estimate of drug-likeness (QED) is 0.470. The maximum absolute atomic E-state index is 4.06. The fourth-order valence-electron chi connectivity index (χ4n) is 0.713. The Morgan fingerprint density at radius 2 is 2.20 bits per heavy atom. The van der Waals surface area contributed by atoms with Gasteiger partial charge in [-0.05, 0) is 13.3 Å². The van der Waals surface area contributed by atoms with Crippen molar-refractivity contribution in [2.24, 2.45) is 4.99 Å². The minimum Gasteiger partial charge on any atom is -0.348 e. The predicted molar refractivity (Wildman–Crippen MR) is 46.2 cm³/mol. The Morgan fingerprint density at radius 1 is 1.60 bits per heavy atom. The Morgan fingerprint density at radius 3 is 2.50 bits per heavy atom. The smallest absolute Gasteiger partial charge is 0.100 e. The van der Waals surface area contributed by atoms with Crippen molar-refractivity contribution in [1.82, 2.24) is 5.32 Å². The molecule has 0 aliphatic heterocycles. The third kappa shape index (κ3) is 4.13. The van der Waals surface area contributed by atoms with Gasteiger partial charge in [0.25, 0.3) is 0 Å². The zero-order valence-electron chi connectivity index (χ0n) is 7.07. The van der Waals surface area contributed by atoms with Crippen LogP contribution in [-0.2, 0) is 0 Å². The number of allylic oxidation sites excluding steroid dienone is 1. The first kappa shape index (κ1) is 9.21. The van der Waals surface area contributed by atoms with E-state index in [1.165, 1.54) is 0 Å². The van der Waals surface area contributed by atoms with Crippen LogP contribution in [0.4, 0.5) is 0 Å². The van der Waals surface area contributed by atoms with E-state index in [-0.39, 0.29) is 0 Å². The molecule has 0 aromatic carbocycles. The fraction of sp³-hybridized carbons (Fsp3) is 0.625. The van der Waals surface area contributed by atoms with Crippen molar-refractivity contribution < 1.29 is 0 Å². The Kier molecular flexibility index (Phi) is 4.63. The van der Waals surface area contributed by atoms with E-state index in [0.29, 0.717) is 0 Å². The number of hydrogen-bond donors (Lipinski definition) is 1. The predicted octanol–water partition coefficient (Wildman–Crippen LogP) is 1.94. The summed E-state index contributed by atoms with van der Waals surface area (Å²) in [4.78, 5) is 4.06. The molecular weight excluding hydrogens is 124 g/mol. The molecule has 10 heavy (non-hydrogen) atoms. The Hall–Kier alpha value is -0.790. The zero-order chi connectivity index (χ0) is 7.98. The van der Waals surface area contributed by atoms with Gasteiger partial charge in [0.15, 0.2) is 0 Å². The van der Waals surface area contributed by atoms with Crippen molar-refractivity contribution in [2.75, 3.05) is 7.05 Å². The molecular formula is C8H16N2. The Labute approximate surface area is 63.0 Å². The third-order valence-electron chi connectivity index (χ3n) is 1.11. The van der Waals surface area contributed by atoms with Crippen LogP contribution in [0.3, 0.4) is 0 Å². The third-order valence-corrected chi connectivity index (χ3v) is 1.11. The summed E-state index contributed by atoms with van der Waals surface area (Å²) in [7, 11) is 1.79. The molecule has 0 fully saturated rings. The van der Waals surface area contributed by atoms with E-state index in [9.17, 15) is 0 Å². The van der Waals surface area contributed by atoms with Crippen LogP contribution in [0.1, 0.15) is 26.7 Å². The van der Waals surface area contributed by atoms with Crippen LogP contribution >= 0.6 is 0 Å². The lowest BCUT2D eigenvalue weighted by Crippen LogP contribution is -2.20. The van der Waals surface area contributed by atoms with E-state index >= 15 is 0 Å². The second-order valence-electron chi connectivity index (χ2n) is 2.33. The minimum absolute atomic E-state index is 0.953. The summed E-state index contributed by atoms with van der Waals surface area (Å²) >= 11 is 0. The summed E-state index contributed by atoms with van der Waals surface area (Å²) in [6.07, 6.45) is 2.12. The highest BCUT2D eigenvalue weighted by Gasteiger charge is 1.93. The van der Waals surface area contributed by atoms with Gasteiger partial charge in [-0.2, -0.15) is 0 Å². The zero-order valence-corrected chi connectivity index (χ0v) is 7.07. The van der Waals surface area contributed by atoms with E-state index in [1.54, 1.807) is 7.05 Å². The molecule has 0 radical (unpaired) electrons. The molecule has 58 valence electrons. The highest BCUT2D eigenvalue weighted by Crippen LogP contribution is 1.90. The van der Waals surface area contributed by atoms with Gasteiger partial charge in [-0.15, -0.1) is 0 Å². The topological polar surface area (TPSA) is 24.4 Å². The standard InChI is InChI=1S/C8H16N2/c1-5-6-8(9-4)10-7(2)3/h2,5-6H2,1,3-4H3,(H,9,10). The molecule has 0 aliphatic rings.